The van der Waals surface area contributed by atoms with Crippen LogP contribution in [0.2, 0.25) is 0 Å². The van der Waals surface area contributed by atoms with Crippen molar-refractivity contribution in [1.82, 2.24) is 20.2 Å². The van der Waals surface area contributed by atoms with Crippen molar-refractivity contribution in [3.8, 4) is 0 Å². The van der Waals surface area contributed by atoms with Gasteiger partial charge in [-0.2, -0.15) is 11.8 Å². The molecule has 0 saturated heterocycles. The number of hydrogen-bond acceptors (Lipinski definition) is 3. The van der Waals surface area contributed by atoms with Crippen LogP contribution in [0, 0.1) is 0 Å². The van der Waals surface area contributed by atoms with Gasteiger partial charge in [0.1, 0.15) is 5.82 Å². The maximum absolute atomic E-state index is 11.9. The number of carbonyl (C=O) groups excluding carboxylic acids is 1. The zero-order chi connectivity index (χ0) is 14.4. The van der Waals surface area contributed by atoms with Crippen LogP contribution in [-0.2, 0) is 13.6 Å². The summed E-state index contributed by atoms with van der Waals surface area (Å²) >= 11 is 2.01. The van der Waals surface area contributed by atoms with Gasteiger partial charge in [0.25, 0.3) is 0 Å². The van der Waals surface area contributed by atoms with Gasteiger partial charge in [0.05, 0.1) is 6.54 Å². The molecule has 2 rings (SSSR count). The molecule has 2 atom stereocenters. The molecule has 1 heterocycles. The van der Waals surface area contributed by atoms with E-state index in [1.807, 2.05) is 29.6 Å². The lowest BCUT2D eigenvalue weighted by Crippen LogP contribution is -2.44. The van der Waals surface area contributed by atoms with Crippen LogP contribution in [0.1, 0.15) is 38.4 Å². The van der Waals surface area contributed by atoms with Crippen LogP contribution in [-0.4, -0.2) is 32.6 Å². The number of thioether (sulfide) groups is 1. The second kappa shape index (κ2) is 7.57. The van der Waals surface area contributed by atoms with Crippen molar-refractivity contribution >= 4 is 17.8 Å². The number of nitrogens with one attached hydrogen (secondary N) is 2. The van der Waals surface area contributed by atoms with Crippen molar-refractivity contribution in [3.05, 3.63) is 18.2 Å². The number of imidazole rings is 1. The molecule has 5 nitrogen and oxygen atoms in total. The summed E-state index contributed by atoms with van der Waals surface area (Å²) in [6.45, 7) is 2.66. The van der Waals surface area contributed by atoms with Gasteiger partial charge >= 0.3 is 6.03 Å². The van der Waals surface area contributed by atoms with Gasteiger partial charge in [-0.1, -0.05) is 13.3 Å². The van der Waals surface area contributed by atoms with Crippen molar-refractivity contribution in [3.63, 3.8) is 0 Å². The van der Waals surface area contributed by atoms with Gasteiger partial charge in [-0.25, -0.2) is 9.78 Å². The van der Waals surface area contributed by atoms with Gasteiger partial charge in [-0.15, -0.1) is 0 Å². The summed E-state index contributed by atoms with van der Waals surface area (Å²) in [7, 11) is 1.93. The van der Waals surface area contributed by atoms with E-state index < -0.39 is 0 Å². The quantitative estimate of drug-likeness (QED) is 0.876. The molecule has 6 heteroatoms. The van der Waals surface area contributed by atoms with Crippen LogP contribution in [0.15, 0.2) is 12.4 Å². The predicted octanol–water partition coefficient (Wildman–Crippen LogP) is 2.28. The zero-order valence-corrected chi connectivity index (χ0v) is 13.1. The topological polar surface area (TPSA) is 59.0 Å². The van der Waals surface area contributed by atoms with Crippen LogP contribution in [0.4, 0.5) is 4.79 Å². The number of amides is 2. The van der Waals surface area contributed by atoms with Gasteiger partial charge in [0.2, 0.25) is 0 Å². The monoisotopic (exact) mass is 296 g/mol. The summed E-state index contributed by atoms with van der Waals surface area (Å²) in [4.78, 5) is 16.1. The third-order valence-electron chi connectivity index (χ3n) is 3.69. The normalized spacial score (nSPS) is 22.5. The molecule has 20 heavy (non-hydrogen) atoms. The molecule has 0 aromatic carbocycles. The highest BCUT2D eigenvalue weighted by molar-refractivity contribution is 7.99. The molecule has 112 valence electrons. The number of urea groups is 1. The zero-order valence-electron chi connectivity index (χ0n) is 12.3. The van der Waals surface area contributed by atoms with Crippen molar-refractivity contribution in [1.29, 1.82) is 0 Å². The SMILES string of the molecule is CCSC1CCCC(NC(=O)NCc2nccn2C)C1. The minimum absolute atomic E-state index is 0.0832. The molecule has 1 aromatic heterocycles. The Morgan fingerprint density at radius 2 is 2.40 bits per heavy atom. The number of carbonyl (C=O) groups is 1. The van der Waals surface area contributed by atoms with Crippen molar-refractivity contribution in [2.75, 3.05) is 5.75 Å². The largest absolute Gasteiger partial charge is 0.337 e. The smallest absolute Gasteiger partial charge is 0.315 e. The van der Waals surface area contributed by atoms with Crippen LogP contribution >= 0.6 is 11.8 Å². The molecule has 1 aliphatic rings. The molecule has 0 spiro atoms. The van der Waals surface area contributed by atoms with Crippen molar-refractivity contribution < 1.29 is 4.79 Å². The average Bonchev–Trinajstić information content (AvgIpc) is 2.83. The first kappa shape index (κ1) is 15.2. The molecule has 2 amide bonds. The third-order valence-corrected chi connectivity index (χ3v) is 4.92. The minimum Gasteiger partial charge on any atom is -0.337 e. The Morgan fingerprint density at radius 3 is 3.10 bits per heavy atom. The summed E-state index contributed by atoms with van der Waals surface area (Å²) in [6, 6.07) is 0.231. The van der Waals surface area contributed by atoms with E-state index in [0.717, 1.165) is 24.4 Å². The van der Waals surface area contributed by atoms with E-state index in [1.165, 1.54) is 12.8 Å². The molecular weight excluding hydrogens is 272 g/mol. The minimum atomic E-state index is -0.0832. The Kier molecular flexibility index (Phi) is 5.76. The molecule has 0 radical (unpaired) electrons. The number of rotatable bonds is 5. The lowest BCUT2D eigenvalue weighted by Gasteiger charge is -2.29. The molecule has 0 aliphatic heterocycles. The molecule has 0 bridgehead atoms. The summed E-state index contributed by atoms with van der Waals surface area (Å²) in [5.74, 6) is 2.02. The Balaban J connectivity index is 1.72. The second-order valence-corrected chi connectivity index (χ2v) is 6.80. The summed E-state index contributed by atoms with van der Waals surface area (Å²) in [5.41, 5.74) is 0. The van der Waals surface area contributed by atoms with E-state index >= 15 is 0 Å². The molecule has 1 saturated carbocycles. The number of hydrogen-bond donors (Lipinski definition) is 2. The van der Waals surface area contributed by atoms with Gasteiger partial charge in [0, 0.05) is 30.7 Å². The molecule has 2 N–H and O–H groups in total. The van der Waals surface area contributed by atoms with Crippen molar-refractivity contribution in [2.45, 2.75) is 50.4 Å². The van der Waals surface area contributed by atoms with Crippen LogP contribution < -0.4 is 10.6 Å². The first-order valence-corrected chi connectivity index (χ1v) is 8.36. The Bertz CT molecular complexity index is 433. The van der Waals surface area contributed by atoms with E-state index in [1.54, 1.807) is 6.20 Å². The third kappa shape index (κ3) is 4.44. The Labute approximate surface area is 124 Å². The second-order valence-electron chi connectivity index (χ2n) is 5.22. The van der Waals surface area contributed by atoms with E-state index in [0.29, 0.717) is 17.8 Å². The van der Waals surface area contributed by atoms with Crippen LogP contribution in [0.3, 0.4) is 0 Å². The van der Waals surface area contributed by atoms with E-state index in [2.05, 4.69) is 22.5 Å². The maximum Gasteiger partial charge on any atom is 0.315 e. The fourth-order valence-electron chi connectivity index (χ4n) is 2.63. The van der Waals surface area contributed by atoms with E-state index in [-0.39, 0.29) is 6.03 Å². The maximum atomic E-state index is 11.9. The van der Waals surface area contributed by atoms with Crippen LogP contribution in [0.5, 0.6) is 0 Å². The van der Waals surface area contributed by atoms with Gasteiger partial charge in [0.15, 0.2) is 0 Å². The number of aromatic nitrogens is 2. The lowest BCUT2D eigenvalue weighted by atomic mass is 9.95. The average molecular weight is 296 g/mol. The van der Waals surface area contributed by atoms with Gasteiger partial charge in [-0.3, -0.25) is 0 Å². The van der Waals surface area contributed by atoms with Gasteiger partial charge in [-0.05, 0) is 25.0 Å². The Morgan fingerprint density at radius 1 is 1.55 bits per heavy atom. The van der Waals surface area contributed by atoms with Crippen molar-refractivity contribution in [2.24, 2.45) is 7.05 Å². The molecule has 1 aliphatic carbocycles. The van der Waals surface area contributed by atoms with E-state index in [4.69, 9.17) is 0 Å². The molecule has 1 fully saturated rings. The first-order valence-electron chi connectivity index (χ1n) is 7.31. The standard InChI is InChI=1S/C14H24N4OS/c1-3-20-12-6-4-5-11(9-12)17-14(19)16-10-13-15-7-8-18(13)2/h7-8,11-12H,3-6,9-10H2,1-2H3,(H2,16,17,19). The molecule has 1 aromatic rings. The summed E-state index contributed by atoms with van der Waals surface area (Å²) in [5, 5.41) is 6.67. The van der Waals surface area contributed by atoms with Gasteiger partial charge < -0.3 is 15.2 Å². The highest BCUT2D eigenvalue weighted by Crippen LogP contribution is 2.28. The summed E-state index contributed by atoms with van der Waals surface area (Å²) < 4.78 is 1.91. The fourth-order valence-corrected chi connectivity index (χ4v) is 3.80. The van der Waals surface area contributed by atoms with Crippen LogP contribution in [0.25, 0.3) is 0 Å². The van der Waals surface area contributed by atoms with E-state index in [9.17, 15) is 4.79 Å². The summed E-state index contributed by atoms with van der Waals surface area (Å²) in [6.07, 6.45) is 8.30. The fraction of sp³-hybridized carbons (Fsp3) is 0.714. The molecule has 2 unspecified atom stereocenters. The highest BCUT2D eigenvalue weighted by atomic mass is 32.2. The number of nitrogens with zero attached hydrogens (tertiary/aromatic N) is 2. The highest BCUT2D eigenvalue weighted by Gasteiger charge is 2.23. The lowest BCUT2D eigenvalue weighted by molar-refractivity contribution is 0.232. The Hall–Kier alpha value is -1.17. The number of aryl methyl sites for hydroxylation is 1. The first-order chi connectivity index (χ1) is 9.69. The predicted molar refractivity (Wildman–Crippen MR) is 82.8 cm³/mol. The molecular formula is C14H24N4OS.